The van der Waals surface area contributed by atoms with Gasteiger partial charge in [-0.15, -0.1) is 0 Å². The first-order chi connectivity index (χ1) is 6.13. The lowest BCUT2D eigenvalue weighted by molar-refractivity contribution is 0.287. The van der Waals surface area contributed by atoms with Gasteiger partial charge in [0.2, 0.25) is 0 Å². The number of halogens is 1. The Morgan fingerprint density at radius 3 is 2.62 bits per heavy atom. The molecule has 0 saturated carbocycles. The molecule has 0 heterocycles. The molecule has 0 saturated heterocycles. The first kappa shape index (κ1) is 10.2. The molecule has 0 radical (unpaired) electrons. The van der Waals surface area contributed by atoms with Crippen LogP contribution in [0.15, 0.2) is 18.2 Å². The third kappa shape index (κ3) is 2.80. The van der Waals surface area contributed by atoms with Crippen LogP contribution >= 0.6 is 11.6 Å². The summed E-state index contributed by atoms with van der Waals surface area (Å²) in [5.74, 6) is 0.691. The van der Waals surface area contributed by atoms with Gasteiger partial charge in [0, 0.05) is 6.07 Å². The van der Waals surface area contributed by atoms with Gasteiger partial charge in [0.05, 0.1) is 12.1 Å². The average Bonchev–Trinajstić information content (AvgIpc) is 2.07. The molecule has 13 heavy (non-hydrogen) atoms. The highest BCUT2D eigenvalue weighted by Gasteiger charge is 2.12. The molecule has 0 aliphatic rings. The molecular weight excluding hydrogens is 194 g/mol. The van der Waals surface area contributed by atoms with E-state index >= 15 is 0 Å². The van der Waals surface area contributed by atoms with E-state index in [9.17, 15) is 0 Å². The fourth-order valence-corrected chi connectivity index (χ4v) is 1.03. The fraction of sp³-hybridized carbons (Fsp3) is 0.143. The van der Waals surface area contributed by atoms with Gasteiger partial charge in [0.1, 0.15) is 11.5 Å². The maximum Gasteiger partial charge on any atom is 0.707 e. The topological polar surface area (TPSA) is 58.9 Å². The molecule has 0 fully saturated rings. The number of ether oxygens (including phenoxy) is 1. The Labute approximate surface area is 80.8 Å². The van der Waals surface area contributed by atoms with Crippen LogP contribution in [-0.2, 0) is 0 Å². The lowest BCUT2D eigenvalue weighted by Gasteiger charge is -2.07. The number of methoxy groups -OCH3 is 1. The summed E-state index contributed by atoms with van der Waals surface area (Å²) in [5.41, 5.74) is 0. The fourth-order valence-electron chi connectivity index (χ4n) is 0.835. The highest BCUT2D eigenvalue weighted by Crippen LogP contribution is 2.28. The molecule has 6 heteroatoms. The Hall–Kier alpha value is -0.905. The third-order valence-corrected chi connectivity index (χ3v) is 1.68. The summed E-state index contributed by atoms with van der Waals surface area (Å²) in [6.45, 7) is 0. The standard InChI is InChI=1S/C7H8BClO4/c1-12-7-4-5(13-8(10)11)2-3-6(7)9/h2-4,10-11H,1H3. The van der Waals surface area contributed by atoms with E-state index in [2.05, 4.69) is 4.65 Å². The second-order valence-corrected chi connectivity index (χ2v) is 2.65. The van der Waals surface area contributed by atoms with Crippen molar-refractivity contribution >= 4 is 18.9 Å². The maximum atomic E-state index is 8.50. The maximum absolute atomic E-state index is 8.50. The van der Waals surface area contributed by atoms with E-state index in [1.54, 1.807) is 0 Å². The van der Waals surface area contributed by atoms with E-state index in [1.165, 1.54) is 25.3 Å². The first-order valence-corrected chi connectivity index (χ1v) is 3.87. The Morgan fingerprint density at radius 2 is 2.08 bits per heavy atom. The van der Waals surface area contributed by atoms with Gasteiger partial charge < -0.3 is 19.4 Å². The van der Waals surface area contributed by atoms with E-state index < -0.39 is 7.32 Å². The second-order valence-electron chi connectivity index (χ2n) is 2.24. The molecule has 1 aromatic rings. The summed E-state index contributed by atoms with van der Waals surface area (Å²) in [6.07, 6.45) is 0. The van der Waals surface area contributed by atoms with Crippen LogP contribution in [0.5, 0.6) is 11.5 Å². The van der Waals surface area contributed by atoms with Crippen LogP contribution < -0.4 is 9.39 Å². The van der Waals surface area contributed by atoms with Crippen molar-refractivity contribution in [1.29, 1.82) is 0 Å². The molecule has 0 aromatic heterocycles. The van der Waals surface area contributed by atoms with Crippen molar-refractivity contribution in [3.05, 3.63) is 23.2 Å². The van der Waals surface area contributed by atoms with E-state index in [-0.39, 0.29) is 5.75 Å². The molecule has 70 valence electrons. The highest BCUT2D eigenvalue weighted by atomic mass is 35.5. The van der Waals surface area contributed by atoms with Crippen molar-refractivity contribution in [2.75, 3.05) is 7.11 Å². The summed E-state index contributed by atoms with van der Waals surface area (Å²) in [5, 5.41) is 17.4. The van der Waals surface area contributed by atoms with Crippen LogP contribution in [-0.4, -0.2) is 24.5 Å². The zero-order valence-corrected chi connectivity index (χ0v) is 7.65. The molecule has 1 aromatic carbocycles. The van der Waals surface area contributed by atoms with Gasteiger partial charge >= 0.3 is 7.32 Å². The largest absolute Gasteiger partial charge is 0.707 e. The van der Waals surface area contributed by atoms with E-state index in [0.29, 0.717) is 10.8 Å². The zero-order valence-electron chi connectivity index (χ0n) is 6.90. The van der Waals surface area contributed by atoms with E-state index in [4.69, 9.17) is 26.4 Å². The van der Waals surface area contributed by atoms with Crippen LogP contribution in [0, 0.1) is 0 Å². The Bertz CT molecular complexity index is 292. The predicted octanol–water partition coefficient (Wildman–Crippen LogP) is 0.697. The molecule has 0 unspecified atom stereocenters. The molecule has 0 amide bonds. The number of rotatable bonds is 3. The van der Waals surface area contributed by atoms with Gasteiger partial charge in [-0.25, -0.2) is 0 Å². The lowest BCUT2D eigenvalue weighted by Crippen LogP contribution is -2.20. The van der Waals surface area contributed by atoms with Crippen molar-refractivity contribution in [2.24, 2.45) is 0 Å². The van der Waals surface area contributed by atoms with Gasteiger partial charge in [-0.05, 0) is 12.1 Å². The lowest BCUT2D eigenvalue weighted by atomic mass is 10.2. The van der Waals surface area contributed by atoms with Crippen molar-refractivity contribution < 1.29 is 19.4 Å². The minimum atomic E-state index is -1.84. The molecule has 0 aliphatic carbocycles. The molecular formula is C7H8BClO4. The summed E-state index contributed by atoms with van der Waals surface area (Å²) in [6, 6.07) is 4.50. The monoisotopic (exact) mass is 202 g/mol. The minimum absolute atomic E-state index is 0.274. The van der Waals surface area contributed by atoms with Crippen molar-refractivity contribution in [1.82, 2.24) is 0 Å². The van der Waals surface area contributed by atoms with Gasteiger partial charge in [-0.3, -0.25) is 0 Å². The number of hydrogen-bond donors (Lipinski definition) is 2. The zero-order chi connectivity index (χ0) is 9.84. The van der Waals surface area contributed by atoms with Gasteiger partial charge in [-0.1, -0.05) is 11.6 Å². The van der Waals surface area contributed by atoms with Crippen LogP contribution in [0.25, 0.3) is 0 Å². The van der Waals surface area contributed by atoms with Crippen LogP contribution in [0.1, 0.15) is 0 Å². The SMILES string of the molecule is COc1cc(OB(O)O)ccc1Cl. The average molecular weight is 202 g/mol. The van der Waals surface area contributed by atoms with Crippen molar-refractivity contribution in [2.45, 2.75) is 0 Å². The summed E-state index contributed by atoms with van der Waals surface area (Å²) < 4.78 is 9.48. The highest BCUT2D eigenvalue weighted by molar-refractivity contribution is 6.34. The molecule has 0 bridgehead atoms. The molecule has 4 nitrogen and oxygen atoms in total. The van der Waals surface area contributed by atoms with Crippen LogP contribution in [0.3, 0.4) is 0 Å². The molecule has 0 spiro atoms. The predicted molar refractivity (Wildman–Crippen MR) is 48.8 cm³/mol. The summed E-state index contributed by atoms with van der Waals surface area (Å²) in [4.78, 5) is 0. The number of hydrogen-bond acceptors (Lipinski definition) is 4. The Morgan fingerprint density at radius 1 is 1.38 bits per heavy atom. The Kier molecular flexibility index (Phi) is 3.42. The Balaban J connectivity index is 2.86. The summed E-state index contributed by atoms with van der Waals surface area (Å²) >= 11 is 5.73. The van der Waals surface area contributed by atoms with Gasteiger partial charge in [-0.2, -0.15) is 0 Å². The third-order valence-electron chi connectivity index (χ3n) is 1.36. The molecule has 2 N–H and O–H groups in total. The molecule has 1 rings (SSSR count). The first-order valence-electron chi connectivity index (χ1n) is 3.50. The van der Waals surface area contributed by atoms with Gasteiger partial charge in [0.25, 0.3) is 0 Å². The smallest absolute Gasteiger partial charge is 0.512 e. The second kappa shape index (κ2) is 4.36. The van der Waals surface area contributed by atoms with Gasteiger partial charge in [0.15, 0.2) is 0 Å². The van der Waals surface area contributed by atoms with Crippen molar-refractivity contribution in [3.8, 4) is 11.5 Å². The van der Waals surface area contributed by atoms with Crippen LogP contribution in [0.2, 0.25) is 5.02 Å². The number of benzene rings is 1. The van der Waals surface area contributed by atoms with E-state index in [1.807, 2.05) is 0 Å². The van der Waals surface area contributed by atoms with E-state index in [0.717, 1.165) is 0 Å². The molecule has 0 atom stereocenters. The molecule has 0 aliphatic heterocycles. The summed E-state index contributed by atoms with van der Waals surface area (Å²) in [7, 11) is -0.383. The minimum Gasteiger partial charge on any atom is -0.512 e. The van der Waals surface area contributed by atoms with Crippen molar-refractivity contribution in [3.63, 3.8) is 0 Å². The quantitative estimate of drug-likeness (QED) is 0.708. The van der Waals surface area contributed by atoms with Crippen LogP contribution in [0.4, 0.5) is 0 Å². The normalized spacial score (nSPS) is 9.54.